The zero-order valence-corrected chi connectivity index (χ0v) is 24.4. The number of para-hydroxylation sites is 1. The molecule has 9 aromatic carbocycles. The van der Waals surface area contributed by atoms with Crippen molar-refractivity contribution >= 4 is 54.3 Å². The molecule has 0 radical (unpaired) electrons. The van der Waals surface area contributed by atoms with E-state index in [1.165, 1.54) is 0 Å². The van der Waals surface area contributed by atoms with Gasteiger partial charge in [-0.2, -0.15) is 0 Å². The van der Waals surface area contributed by atoms with Crippen molar-refractivity contribution in [1.82, 2.24) is 0 Å². The van der Waals surface area contributed by atoms with E-state index in [2.05, 4.69) is 0 Å². The van der Waals surface area contributed by atoms with Crippen LogP contribution in [0, 0.1) is 0 Å². The van der Waals surface area contributed by atoms with Crippen molar-refractivity contribution in [3.05, 3.63) is 181 Å². The number of fused-ring (bicyclic) bond motifs is 6. The summed E-state index contributed by atoms with van der Waals surface area (Å²) in [7, 11) is 0. The summed E-state index contributed by atoms with van der Waals surface area (Å²) >= 11 is 0. The van der Waals surface area contributed by atoms with Crippen molar-refractivity contribution in [2.24, 2.45) is 0 Å². The van der Waals surface area contributed by atoms with Crippen LogP contribution < -0.4 is 0 Å². The highest BCUT2D eigenvalue weighted by molar-refractivity contribution is 6.22. The molecule has 49 heavy (non-hydrogen) atoms. The minimum absolute atomic E-state index is 0.537. The van der Waals surface area contributed by atoms with E-state index >= 15 is 0 Å². The second-order valence-corrected chi connectivity index (χ2v) is 10.5. The Balaban J connectivity index is 1.47. The predicted molar refractivity (Wildman–Crippen MR) is 208 cm³/mol. The highest BCUT2D eigenvalue weighted by atomic mass is 16.3. The van der Waals surface area contributed by atoms with Crippen LogP contribution in [0.4, 0.5) is 0 Å². The van der Waals surface area contributed by atoms with Gasteiger partial charge in [0.05, 0.1) is 41.1 Å². The summed E-state index contributed by atoms with van der Waals surface area (Å²) in [6, 6.07) is -29.0. The van der Waals surface area contributed by atoms with Crippen LogP contribution in [0.1, 0.15) is 41.1 Å². The molecule has 0 bridgehead atoms. The summed E-state index contributed by atoms with van der Waals surface area (Å²) in [5, 5.41) is -5.62. The number of hydrogen-bond donors (Lipinski definition) is 0. The first-order chi connectivity index (χ1) is 36.8. The molecule has 1 heteroatoms. The second kappa shape index (κ2) is 11.1. The standard InChI is InChI=1S/C48H30O/c1-2-13-32(14-3-1)38-25-12-26-44-39-28-27-35(30-45(39)49-48(38)44)47-42-22-8-6-20-40(42)46(41-21-7-9-23-43(41)47)34-18-10-17-33(29-34)37-24-11-16-31-15-4-5-19-36(31)37/h1-30H/i1D,2D,3D,4D,5D,6D,7D,8D,9D,10D,11D,12D,13D,14D,15D,16D,17D,18D,19D,20D,21D,22D,23D,24D,25D,26D,27D,28D,29D,30D. The van der Waals surface area contributed by atoms with E-state index in [1.54, 1.807) is 0 Å². The van der Waals surface area contributed by atoms with Gasteiger partial charge in [0.2, 0.25) is 0 Å². The van der Waals surface area contributed by atoms with Crippen molar-refractivity contribution in [3.8, 4) is 44.5 Å². The van der Waals surface area contributed by atoms with Crippen molar-refractivity contribution in [1.29, 1.82) is 0 Å². The first kappa shape index (κ1) is 11.1. The fraction of sp³-hybridized carbons (Fsp3) is 0. The van der Waals surface area contributed by atoms with Crippen LogP contribution >= 0.6 is 0 Å². The van der Waals surface area contributed by atoms with Crippen LogP contribution in [0.15, 0.2) is 186 Å². The molecule has 0 fully saturated rings. The zero-order chi connectivity index (χ0) is 58.4. The van der Waals surface area contributed by atoms with Gasteiger partial charge in [-0.1, -0.05) is 163 Å². The molecule has 1 heterocycles. The van der Waals surface area contributed by atoms with Gasteiger partial charge in [0, 0.05) is 16.3 Å². The molecule has 10 rings (SSSR count). The largest absolute Gasteiger partial charge is 0.455 e. The van der Waals surface area contributed by atoms with Crippen LogP contribution in [0.25, 0.3) is 98.8 Å². The Hall–Kier alpha value is -6.44. The van der Waals surface area contributed by atoms with Gasteiger partial charge in [0.15, 0.2) is 0 Å². The summed E-state index contributed by atoms with van der Waals surface area (Å²) in [6.45, 7) is 0. The summed E-state index contributed by atoms with van der Waals surface area (Å²) in [5.74, 6) is 0. The first-order valence-corrected chi connectivity index (χ1v) is 14.4. The fourth-order valence-corrected chi connectivity index (χ4v) is 5.81. The average Bonchev–Trinajstić information content (AvgIpc) is 4.08. The Bertz CT molecular complexity index is 4480. The molecule has 0 N–H and O–H groups in total. The predicted octanol–water partition coefficient (Wildman–Crippen LogP) is 13.7. The maximum atomic E-state index is 9.87. The van der Waals surface area contributed by atoms with Crippen LogP contribution in [-0.4, -0.2) is 0 Å². The normalized spacial score (nSPS) is 20.2. The lowest BCUT2D eigenvalue weighted by atomic mass is 9.85. The van der Waals surface area contributed by atoms with Gasteiger partial charge < -0.3 is 4.42 Å². The molecular formula is C48H30O. The lowest BCUT2D eigenvalue weighted by molar-refractivity contribution is 0.670. The Kier molecular flexibility index (Phi) is 2.50. The highest BCUT2D eigenvalue weighted by Crippen LogP contribution is 2.46. The first-order valence-electron chi connectivity index (χ1n) is 29.4. The van der Waals surface area contributed by atoms with Gasteiger partial charge in [0.1, 0.15) is 11.2 Å². The molecule has 0 aliphatic rings. The summed E-state index contributed by atoms with van der Waals surface area (Å²) < 4.78 is 276. The number of furan rings is 1. The van der Waals surface area contributed by atoms with Crippen molar-refractivity contribution in [2.75, 3.05) is 0 Å². The van der Waals surface area contributed by atoms with Crippen molar-refractivity contribution in [3.63, 3.8) is 0 Å². The van der Waals surface area contributed by atoms with E-state index in [4.69, 9.17) is 33.2 Å². The van der Waals surface area contributed by atoms with Gasteiger partial charge in [0.25, 0.3) is 0 Å². The molecule has 228 valence electrons. The Morgan fingerprint density at radius 3 is 1.57 bits per heavy atom. The quantitative estimate of drug-likeness (QED) is 0.172. The summed E-state index contributed by atoms with van der Waals surface area (Å²) in [4.78, 5) is 0. The Morgan fingerprint density at radius 2 is 0.837 bits per heavy atom. The second-order valence-electron chi connectivity index (χ2n) is 10.5. The number of benzene rings is 9. The molecule has 0 aliphatic heterocycles. The van der Waals surface area contributed by atoms with E-state index in [-0.39, 0.29) is 0 Å². The average molecular weight is 653 g/mol. The number of rotatable bonds is 4. The molecule has 0 saturated carbocycles. The van der Waals surface area contributed by atoms with Gasteiger partial charge >= 0.3 is 0 Å². The van der Waals surface area contributed by atoms with Gasteiger partial charge in [-0.05, 0) is 89.4 Å². The third kappa shape index (κ3) is 4.40. The molecule has 10 aromatic rings. The lowest BCUT2D eigenvalue weighted by Gasteiger charge is -2.18. The van der Waals surface area contributed by atoms with Crippen molar-refractivity contribution < 1.29 is 45.5 Å². The van der Waals surface area contributed by atoms with Crippen LogP contribution in [0.5, 0.6) is 0 Å². The zero-order valence-electron chi connectivity index (χ0n) is 54.4. The maximum absolute atomic E-state index is 9.87. The molecule has 0 unspecified atom stereocenters. The van der Waals surface area contributed by atoms with E-state index in [9.17, 15) is 12.3 Å². The van der Waals surface area contributed by atoms with Crippen LogP contribution in [-0.2, 0) is 0 Å². The molecule has 0 spiro atoms. The topological polar surface area (TPSA) is 13.1 Å². The fourth-order valence-electron chi connectivity index (χ4n) is 5.81. The van der Waals surface area contributed by atoms with Crippen LogP contribution in [0.2, 0.25) is 0 Å². The van der Waals surface area contributed by atoms with Gasteiger partial charge in [-0.25, -0.2) is 0 Å². The van der Waals surface area contributed by atoms with E-state index in [0.29, 0.717) is 0 Å². The third-order valence-electron chi connectivity index (χ3n) is 7.87. The van der Waals surface area contributed by atoms with Crippen LogP contribution in [0.3, 0.4) is 0 Å². The van der Waals surface area contributed by atoms with Gasteiger partial charge in [-0.15, -0.1) is 0 Å². The minimum atomic E-state index is -1.11. The monoisotopic (exact) mass is 652 g/mol. The van der Waals surface area contributed by atoms with Gasteiger partial charge in [-0.3, -0.25) is 0 Å². The maximum Gasteiger partial charge on any atom is 0.143 e. The smallest absolute Gasteiger partial charge is 0.143 e. The summed E-state index contributed by atoms with van der Waals surface area (Å²) in [5.41, 5.74) is -7.77. The van der Waals surface area contributed by atoms with Crippen molar-refractivity contribution in [2.45, 2.75) is 0 Å². The Morgan fingerprint density at radius 1 is 0.327 bits per heavy atom. The van der Waals surface area contributed by atoms with E-state index in [1.807, 2.05) is 0 Å². The Labute approximate surface area is 326 Å². The molecule has 1 aromatic heterocycles. The molecule has 0 aliphatic carbocycles. The van der Waals surface area contributed by atoms with E-state index in [0.717, 1.165) is 0 Å². The minimum Gasteiger partial charge on any atom is -0.455 e. The molecule has 0 saturated heterocycles. The molecule has 0 amide bonds. The summed E-state index contributed by atoms with van der Waals surface area (Å²) in [6.07, 6.45) is 0. The van der Waals surface area contributed by atoms with E-state index < -0.39 is 280 Å². The molecule has 1 nitrogen and oxygen atoms in total. The number of hydrogen-bond acceptors (Lipinski definition) is 1. The third-order valence-corrected chi connectivity index (χ3v) is 7.87. The highest BCUT2D eigenvalue weighted by Gasteiger charge is 2.19. The lowest BCUT2D eigenvalue weighted by Crippen LogP contribution is -1.91. The molecule has 0 atom stereocenters. The SMILES string of the molecule is [2H]c1c([2H])c([2H])c(-c2c([2H])c([2H])c([2H])c3c2oc2c([2H])c(-c4c5c([2H])c([2H])c([2H])c([2H])c5c(-c5c([2H])c([2H])c([2H])c(-c6c([2H])c([2H])c([2H])c7c([2H])c([2H])c([2H])c([2H])c67)c5[2H])c5c([2H])c([2H])c([2H])c([2H])c45)c([2H])c([2H])c23)c([2H])c1[2H]. The molecular weight excluding hydrogens is 593 g/mol.